The summed E-state index contributed by atoms with van der Waals surface area (Å²) < 4.78 is 0. The monoisotopic (exact) mass is 152 g/mol. The van der Waals surface area contributed by atoms with E-state index in [2.05, 4.69) is 15.2 Å². The molecule has 1 aromatic heterocycles. The lowest BCUT2D eigenvalue weighted by atomic mass is 9.96. The van der Waals surface area contributed by atoms with E-state index in [9.17, 15) is 0 Å². The molecule has 1 heterocycles. The molecule has 1 rings (SSSR count). The van der Waals surface area contributed by atoms with Crippen molar-refractivity contribution in [1.29, 1.82) is 0 Å². The molecule has 0 radical (unpaired) electrons. The predicted molar refractivity (Wildman–Crippen MR) is 42.9 cm³/mol. The Kier molecular flexibility index (Phi) is 1.76. The Morgan fingerprint density at radius 2 is 1.91 bits per heavy atom. The van der Waals surface area contributed by atoms with Crippen molar-refractivity contribution in [2.45, 2.75) is 26.2 Å². The van der Waals surface area contributed by atoms with Gasteiger partial charge in [-0.3, -0.25) is 0 Å². The molecule has 4 nitrogen and oxygen atoms in total. The number of anilines is 1. The van der Waals surface area contributed by atoms with Crippen molar-refractivity contribution in [2.24, 2.45) is 0 Å². The molecule has 0 aliphatic rings. The van der Waals surface area contributed by atoms with Crippen molar-refractivity contribution in [1.82, 2.24) is 15.2 Å². The summed E-state index contributed by atoms with van der Waals surface area (Å²) in [5.41, 5.74) is 5.28. The maximum Gasteiger partial charge on any atom is 0.164 e. The van der Waals surface area contributed by atoms with Gasteiger partial charge in [0.25, 0.3) is 0 Å². The Hall–Kier alpha value is -1.19. The summed E-state index contributed by atoms with van der Waals surface area (Å²) in [5.74, 6) is 1.07. The topological polar surface area (TPSA) is 64.7 Å². The second-order valence-corrected chi connectivity index (χ2v) is 3.46. The highest BCUT2D eigenvalue weighted by atomic mass is 15.2. The van der Waals surface area contributed by atoms with Gasteiger partial charge in [-0.1, -0.05) is 20.8 Å². The molecule has 0 saturated heterocycles. The Morgan fingerprint density at radius 1 is 1.27 bits per heavy atom. The fourth-order valence-electron chi connectivity index (χ4n) is 0.628. The third kappa shape index (κ3) is 1.86. The quantitative estimate of drug-likeness (QED) is 0.595. The smallest absolute Gasteiger partial charge is 0.164 e. The Bertz CT molecular complexity index is 234. The average Bonchev–Trinajstić information content (AvgIpc) is 1.86. The minimum atomic E-state index is -0.0549. The Balaban J connectivity index is 2.99. The van der Waals surface area contributed by atoms with Crippen molar-refractivity contribution in [3.63, 3.8) is 0 Å². The van der Waals surface area contributed by atoms with Gasteiger partial charge in [0.05, 0.1) is 6.20 Å². The fraction of sp³-hybridized carbons (Fsp3) is 0.571. The van der Waals surface area contributed by atoms with Gasteiger partial charge in [-0.25, -0.2) is 4.98 Å². The summed E-state index contributed by atoms with van der Waals surface area (Å²) >= 11 is 0. The first-order valence-corrected chi connectivity index (χ1v) is 3.46. The van der Waals surface area contributed by atoms with Gasteiger partial charge in [0.1, 0.15) is 0 Å². The summed E-state index contributed by atoms with van der Waals surface area (Å²) in [5, 5.41) is 7.57. The molecule has 0 atom stereocenters. The van der Waals surface area contributed by atoms with E-state index in [4.69, 9.17) is 5.73 Å². The first-order chi connectivity index (χ1) is 5.00. The van der Waals surface area contributed by atoms with Crippen LogP contribution in [-0.2, 0) is 5.41 Å². The summed E-state index contributed by atoms with van der Waals surface area (Å²) in [6.45, 7) is 6.08. The van der Waals surface area contributed by atoms with Crippen LogP contribution in [0.1, 0.15) is 26.6 Å². The number of nitrogens with zero attached hydrogens (tertiary/aromatic N) is 3. The second kappa shape index (κ2) is 2.45. The number of nitrogens with two attached hydrogens (primary N) is 1. The maximum absolute atomic E-state index is 5.33. The third-order valence-electron chi connectivity index (χ3n) is 1.25. The maximum atomic E-state index is 5.33. The van der Waals surface area contributed by atoms with Crippen molar-refractivity contribution in [3.8, 4) is 0 Å². The zero-order valence-corrected chi connectivity index (χ0v) is 7.00. The van der Waals surface area contributed by atoms with Crippen molar-refractivity contribution in [3.05, 3.63) is 12.0 Å². The zero-order chi connectivity index (χ0) is 8.48. The van der Waals surface area contributed by atoms with Crippen LogP contribution in [0, 0.1) is 0 Å². The second-order valence-electron chi connectivity index (χ2n) is 3.46. The van der Waals surface area contributed by atoms with Crippen LogP contribution in [-0.4, -0.2) is 15.2 Å². The van der Waals surface area contributed by atoms with Crippen LogP contribution < -0.4 is 5.73 Å². The van der Waals surface area contributed by atoms with Gasteiger partial charge in [-0.05, 0) is 0 Å². The first kappa shape index (κ1) is 7.91. The standard InChI is InChI=1S/C7H12N4/c1-7(2,3)6-9-4-5(8)10-11-6/h4H,1-3H3,(H2,8,10). The molecule has 1 aromatic rings. The lowest BCUT2D eigenvalue weighted by Gasteiger charge is -2.14. The van der Waals surface area contributed by atoms with Crippen molar-refractivity contribution in [2.75, 3.05) is 5.73 Å². The normalized spacial score (nSPS) is 11.5. The van der Waals surface area contributed by atoms with E-state index < -0.39 is 0 Å². The lowest BCUT2D eigenvalue weighted by molar-refractivity contribution is 0.534. The number of hydrogen-bond acceptors (Lipinski definition) is 4. The molecule has 11 heavy (non-hydrogen) atoms. The van der Waals surface area contributed by atoms with Crippen LogP contribution in [0.4, 0.5) is 5.82 Å². The molecule has 0 amide bonds. The van der Waals surface area contributed by atoms with Crippen molar-refractivity contribution < 1.29 is 0 Å². The van der Waals surface area contributed by atoms with Gasteiger partial charge in [0.2, 0.25) is 0 Å². The van der Waals surface area contributed by atoms with Crippen molar-refractivity contribution >= 4 is 5.82 Å². The molecule has 0 spiro atoms. The summed E-state index contributed by atoms with van der Waals surface area (Å²) in [6, 6.07) is 0. The molecule has 60 valence electrons. The average molecular weight is 152 g/mol. The molecule has 0 aliphatic heterocycles. The van der Waals surface area contributed by atoms with E-state index in [0.29, 0.717) is 11.6 Å². The molecule has 0 unspecified atom stereocenters. The number of hydrogen-bond donors (Lipinski definition) is 1. The van der Waals surface area contributed by atoms with Gasteiger partial charge < -0.3 is 5.73 Å². The number of nitrogen functional groups attached to an aromatic ring is 1. The Morgan fingerprint density at radius 3 is 2.27 bits per heavy atom. The summed E-state index contributed by atoms with van der Waals surface area (Å²) in [6.07, 6.45) is 1.52. The first-order valence-electron chi connectivity index (χ1n) is 3.46. The van der Waals surface area contributed by atoms with Gasteiger partial charge in [-0.15, -0.1) is 10.2 Å². The van der Waals surface area contributed by atoms with Gasteiger partial charge in [0, 0.05) is 5.41 Å². The van der Waals surface area contributed by atoms with Crippen LogP contribution in [0.3, 0.4) is 0 Å². The highest BCUT2D eigenvalue weighted by Crippen LogP contribution is 2.16. The highest BCUT2D eigenvalue weighted by Gasteiger charge is 2.16. The van der Waals surface area contributed by atoms with E-state index in [0.717, 1.165) is 0 Å². The van der Waals surface area contributed by atoms with E-state index in [-0.39, 0.29) is 5.41 Å². The highest BCUT2D eigenvalue weighted by molar-refractivity contribution is 5.20. The van der Waals surface area contributed by atoms with E-state index >= 15 is 0 Å². The van der Waals surface area contributed by atoms with Crippen LogP contribution in [0.15, 0.2) is 6.20 Å². The Labute approximate surface area is 65.9 Å². The lowest BCUT2D eigenvalue weighted by Crippen LogP contribution is -2.17. The molecular weight excluding hydrogens is 140 g/mol. The zero-order valence-electron chi connectivity index (χ0n) is 7.00. The molecule has 0 bridgehead atoms. The molecule has 0 aromatic carbocycles. The molecular formula is C7H12N4. The van der Waals surface area contributed by atoms with E-state index in [1.807, 2.05) is 20.8 Å². The summed E-state index contributed by atoms with van der Waals surface area (Å²) in [4.78, 5) is 4.05. The molecule has 4 heteroatoms. The van der Waals surface area contributed by atoms with Gasteiger partial charge in [0.15, 0.2) is 11.6 Å². The molecule has 0 fully saturated rings. The van der Waals surface area contributed by atoms with E-state index in [1.165, 1.54) is 6.20 Å². The van der Waals surface area contributed by atoms with Crippen LogP contribution >= 0.6 is 0 Å². The largest absolute Gasteiger partial charge is 0.381 e. The molecule has 0 saturated carbocycles. The fourth-order valence-corrected chi connectivity index (χ4v) is 0.628. The minimum absolute atomic E-state index is 0.0549. The molecule has 0 aliphatic carbocycles. The van der Waals surface area contributed by atoms with Gasteiger partial charge in [-0.2, -0.15) is 0 Å². The predicted octanol–water partition coefficient (Wildman–Crippen LogP) is 0.751. The van der Waals surface area contributed by atoms with E-state index in [1.54, 1.807) is 0 Å². The minimum Gasteiger partial charge on any atom is -0.381 e. The third-order valence-corrected chi connectivity index (χ3v) is 1.25. The van der Waals surface area contributed by atoms with Gasteiger partial charge >= 0.3 is 0 Å². The number of rotatable bonds is 0. The van der Waals surface area contributed by atoms with Crippen LogP contribution in [0.5, 0.6) is 0 Å². The molecule has 2 N–H and O–H groups in total. The summed E-state index contributed by atoms with van der Waals surface area (Å²) in [7, 11) is 0. The number of aromatic nitrogens is 3. The van der Waals surface area contributed by atoms with Crippen LogP contribution in [0.25, 0.3) is 0 Å². The van der Waals surface area contributed by atoms with Crippen LogP contribution in [0.2, 0.25) is 0 Å². The SMILES string of the molecule is CC(C)(C)c1ncc(N)nn1.